The molecule has 3 nitrogen and oxygen atoms in total. The molecule has 0 saturated heterocycles. The van der Waals surface area contributed by atoms with Crippen LogP contribution in [0.1, 0.15) is 28.3 Å². The van der Waals surface area contributed by atoms with Crippen molar-refractivity contribution in [2.75, 3.05) is 6.54 Å². The van der Waals surface area contributed by atoms with Gasteiger partial charge in [-0.15, -0.1) is 0 Å². The van der Waals surface area contributed by atoms with Crippen molar-refractivity contribution in [3.63, 3.8) is 0 Å². The molecule has 0 spiro atoms. The van der Waals surface area contributed by atoms with Gasteiger partial charge in [0, 0.05) is 17.5 Å². The fourth-order valence-corrected chi connectivity index (χ4v) is 3.51. The van der Waals surface area contributed by atoms with Gasteiger partial charge >= 0.3 is 5.63 Å². The molecule has 1 unspecified atom stereocenters. The van der Waals surface area contributed by atoms with E-state index in [1.165, 1.54) is 16.7 Å². The molecule has 1 aliphatic rings. The molecule has 0 radical (unpaired) electrons. The van der Waals surface area contributed by atoms with Crippen molar-refractivity contribution >= 4 is 11.0 Å². The predicted molar refractivity (Wildman–Crippen MR) is 91.8 cm³/mol. The van der Waals surface area contributed by atoms with Gasteiger partial charge in [0.05, 0.1) is 0 Å². The topological polar surface area (TPSA) is 42.2 Å². The first-order valence-corrected chi connectivity index (χ1v) is 8.05. The molecule has 3 heteroatoms. The van der Waals surface area contributed by atoms with Crippen molar-refractivity contribution in [3.05, 3.63) is 81.2 Å². The molecular weight excluding hydrogens is 286 g/mol. The normalized spacial score (nSPS) is 17.2. The fraction of sp³-hybridized carbons (Fsp3) is 0.250. The second-order valence-electron chi connectivity index (χ2n) is 6.25. The first-order chi connectivity index (χ1) is 11.2. The first kappa shape index (κ1) is 14.2. The molecule has 0 saturated carbocycles. The smallest absolute Gasteiger partial charge is 0.336 e. The molecule has 1 aliphatic heterocycles. The number of rotatable bonds is 2. The van der Waals surface area contributed by atoms with Gasteiger partial charge in [-0.25, -0.2) is 4.79 Å². The summed E-state index contributed by atoms with van der Waals surface area (Å²) in [6.07, 6.45) is 1.85. The average molecular weight is 305 g/mol. The van der Waals surface area contributed by atoms with Gasteiger partial charge in [-0.3, -0.25) is 0 Å². The van der Waals surface area contributed by atoms with E-state index in [1.807, 2.05) is 12.1 Å². The highest BCUT2D eigenvalue weighted by atomic mass is 16.4. The third kappa shape index (κ3) is 2.68. The van der Waals surface area contributed by atoms with Crippen LogP contribution in [-0.4, -0.2) is 6.54 Å². The minimum absolute atomic E-state index is 0.241. The highest BCUT2D eigenvalue weighted by Gasteiger charge is 2.20. The van der Waals surface area contributed by atoms with Gasteiger partial charge in [0.25, 0.3) is 0 Å². The van der Waals surface area contributed by atoms with Crippen molar-refractivity contribution < 1.29 is 4.42 Å². The molecule has 2 heterocycles. The maximum Gasteiger partial charge on any atom is 0.336 e. The van der Waals surface area contributed by atoms with Gasteiger partial charge in [-0.2, -0.15) is 0 Å². The van der Waals surface area contributed by atoms with E-state index in [1.54, 1.807) is 6.07 Å². The summed E-state index contributed by atoms with van der Waals surface area (Å²) >= 11 is 0. The summed E-state index contributed by atoms with van der Waals surface area (Å²) in [5, 5.41) is 4.63. The van der Waals surface area contributed by atoms with Crippen LogP contribution in [0.2, 0.25) is 0 Å². The minimum Gasteiger partial charge on any atom is -0.423 e. The molecule has 23 heavy (non-hydrogen) atoms. The van der Waals surface area contributed by atoms with Gasteiger partial charge in [0.2, 0.25) is 0 Å². The second-order valence-corrected chi connectivity index (χ2v) is 6.25. The molecule has 2 aromatic carbocycles. The standard InChI is InChI=1S/C20H19NO2/c1-13-6-7-19-17(10-13)15(12-20(22)23-19)11-18-16-5-3-2-4-14(16)8-9-21-18/h2-7,10,12,18,21H,8-9,11H2,1H3. The monoisotopic (exact) mass is 305 g/mol. The van der Waals surface area contributed by atoms with Crippen molar-refractivity contribution in [2.45, 2.75) is 25.8 Å². The maximum atomic E-state index is 11.9. The van der Waals surface area contributed by atoms with E-state index in [2.05, 4.69) is 42.6 Å². The van der Waals surface area contributed by atoms with E-state index in [4.69, 9.17) is 4.42 Å². The Kier molecular flexibility index (Phi) is 3.50. The zero-order chi connectivity index (χ0) is 15.8. The highest BCUT2D eigenvalue weighted by molar-refractivity contribution is 5.81. The van der Waals surface area contributed by atoms with Crippen molar-refractivity contribution in [1.29, 1.82) is 0 Å². The molecule has 1 atom stereocenters. The second kappa shape index (κ2) is 5.67. The highest BCUT2D eigenvalue weighted by Crippen LogP contribution is 2.28. The maximum absolute atomic E-state index is 11.9. The van der Waals surface area contributed by atoms with Crippen LogP contribution < -0.4 is 10.9 Å². The predicted octanol–water partition coefficient (Wildman–Crippen LogP) is 3.53. The van der Waals surface area contributed by atoms with Crippen LogP contribution in [-0.2, 0) is 12.8 Å². The van der Waals surface area contributed by atoms with Gasteiger partial charge in [-0.1, -0.05) is 35.9 Å². The largest absolute Gasteiger partial charge is 0.423 e. The van der Waals surface area contributed by atoms with Crippen LogP contribution in [0.5, 0.6) is 0 Å². The van der Waals surface area contributed by atoms with Crippen LogP contribution in [0.25, 0.3) is 11.0 Å². The first-order valence-electron chi connectivity index (χ1n) is 8.05. The molecular formula is C20H19NO2. The zero-order valence-corrected chi connectivity index (χ0v) is 13.1. The van der Waals surface area contributed by atoms with Gasteiger partial charge < -0.3 is 9.73 Å². The van der Waals surface area contributed by atoms with Gasteiger partial charge in [-0.05, 0) is 55.1 Å². The number of fused-ring (bicyclic) bond motifs is 2. The van der Waals surface area contributed by atoms with Crippen molar-refractivity contribution in [3.8, 4) is 0 Å². The summed E-state index contributed by atoms with van der Waals surface area (Å²) in [7, 11) is 0. The summed E-state index contributed by atoms with van der Waals surface area (Å²) in [5.41, 5.74) is 5.36. The van der Waals surface area contributed by atoms with Crippen molar-refractivity contribution in [1.82, 2.24) is 5.32 Å². The fourth-order valence-electron chi connectivity index (χ4n) is 3.51. The lowest BCUT2D eigenvalue weighted by Gasteiger charge is -2.27. The molecule has 116 valence electrons. The Hall–Kier alpha value is -2.39. The van der Waals surface area contributed by atoms with E-state index in [0.717, 1.165) is 30.3 Å². The molecule has 1 aromatic heterocycles. The number of benzene rings is 2. The van der Waals surface area contributed by atoms with E-state index in [0.29, 0.717) is 5.58 Å². The Morgan fingerprint density at radius 1 is 1.17 bits per heavy atom. The van der Waals surface area contributed by atoms with E-state index in [-0.39, 0.29) is 11.7 Å². The van der Waals surface area contributed by atoms with Crippen LogP contribution >= 0.6 is 0 Å². The quantitative estimate of drug-likeness (QED) is 0.737. The van der Waals surface area contributed by atoms with E-state index < -0.39 is 0 Å². The molecule has 0 amide bonds. The van der Waals surface area contributed by atoms with Crippen LogP contribution in [0.15, 0.2) is 57.7 Å². The lowest BCUT2D eigenvalue weighted by molar-refractivity contribution is 0.500. The minimum atomic E-state index is -0.277. The molecule has 4 rings (SSSR count). The van der Waals surface area contributed by atoms with Crippen LogP contribution in [0, 0.1) is 6.92 Å². The number of aryl methyl sites for hydroxylation is 1. The number of hydrogen-bond donors (Lipinski definition) is 1. The summed E-state index contributed by atoms with van der Waals surface area (Å²) < 4.78 is 5.34. The van der Waals surface area contributed by atoms with Crippen LogP contribution in [0.3, 0.4) is 0 Å². The number of nitrogens with one attached hydrogen (secondary N) is 1. The van der Waals surface area contributed by atoms with Crippen LogP contribution in [0.4, 0.5) is 0 Å². The van der Waals surface area contributed by atoms with E-state index in [9.17, 15) is 4.79 Å². The average Bonchev–Trinajstić information content (AvgIpc) is 2.56. The Balaban J connectivity index is 1.79. The summed E-state index contributed by atoms with van der Waals surface area (Å²) in [4.78, 5) is 11.9. The molecule has 3 aromatic rings. The van der Waals surface area contributed by atoms with E-state index >= 15 is 0 Å². The summed E-state index contributed by atoms with van der Waals surface area (Å²) in [6.45, 7) is 3.03. The lowest BCUT2D eigenvalue weighted by Crippen LogP contribution is -2.31. The Bertz CT molecular complexity index is 926. The Morgan fingerprint density at radius 2 is 2.04 bits per heavy atom. The molecule has 0 fully saturated rings. The molecule has 1 N–H and O–H groups in total. The SMILES string of the molecule is Cc1ccc2oc(=O)cc(CC3NCCc4ccccc43)c2c1. The van der Waals surface area contributed by atoms with Crippen molar-refractivity contribution in [2.24, 2.45) is 0 Å². The molecule has 0 aliphatic carbocycles. The Morgan fingerprint density at radius 3 is 2.96 bits per heavy atom. The molecule has 0 bridgehead atoms. The third-order valence-corrected chi connectivity index (χ3v) is 4.62. The summed E-state index contributed by atoms with van der Waals surface area (Å²) in [5.74, 6) is 0. The van der Waals surface area contributed by atoms with Gasteiger partial charge in [0.1, 0.15) is 5.58 Å². The third-order valence-electron chi connectivity index (χ3n) is 4.62. The lowest BCUT2D eigenvalue weighted by atomic mass is 9.89. The number of hydrogen-bond acceptors (Lipinski definition) is 3. The Labute approximate surface area is 135 Å². The zero-order valence-electron chi connectivity index (χ0n) is 13.1. The van der Waals surface area contributed by atoms with Gasteiger partial charge in [0.15, 0.2) is 0 Å². The summed E-state index contributed by atoms with van der Waals surface area (Å²) in [6, 6.07) is 16.4.